The van der Waals surface area contributed by atoms with Crippen molar-refractivity contribution < 1.29 is 14.4 Å². The van der Waals surface area contributed by atoms with Crippen molar-refractivity contribution in [2.75, 3.05) is 4.90 Å². The first-order chi connectivity index (χ1) is 8.96. The fraction of sp³-hybridized carbons (Fsp3) is 0.500. The lowest BCUT2D eigenvalue weighted by Crippen LogP contribution is -2.63. The second-order valence-electron chi connectivity index (χ2n) is 4.56. The Kier molecular flexibility index (Phi) is 3.13. The molecule has 0 spiro atoms. The highest BCUT2D eigenvalue weighted by Crippen LogP contribution is 2.34. The maximum atomic E-state index is 12.5. The number of amides is 4. The Morgan fingerprint density at radius 1 is 1.26 bits per heavy atom. The predicted octanol–water partition coefficient (Wildman–Crippen LogP) is 0.809. The Hall–Kier alpha value is -2.18. The van der Waals surface area contributed by atoms with E-state index in [-0.39, 0.29) is 0 Å². The van der Waals surface area contributed by atoms with Crippen LogP contribution in [0, 0.1) is 5.41 Å². The molecule has 2 heterocycles. The maximum absolute atomic E-state index is 12.5. The van der Waals surface area contributed by atoms with Crippen LogP contribution >= 0.6 is 0 Å². The van der Waals surface area contributed by atoms with E-state index in [0.29, 0.717) is 18.5 Å². The molecule has 7 nitrogen and oxygen atoms in total. The third kappa shape index (κ3) is 1.81. The Morgan fingerprint density at radius 3 is 2.37 bits per heavy atom. The molecule has 7 heteroatoms. The van der Waals surface area contributed by atoms with Gasteiger partial charge in [0.15, 0.2) is 0 Å². The van der Waals surface area contributed by atoms with E-state index in [2.05, 4.69) is 10.4 Å². The van der Waals surface area contributed by atoms with Crippen LogP contribution in [0.5, 0.6) is 0 Å². The predicted molar refractivity (Wildman–Crippen MR) is 67.2 cm³/mol. The van der Waals surface area contributed by atoms with Crippen LogP contribution in [0.1, 0.15) is 26.7 Å². The first-order valence-electron chi connectivity index (χ1n) is 6.15. The average Bonchev–Trinajstić information content (AvgIpc) is 2.77. The van der Waals surface area contributed by atoms with E-state index < -0.39 is 23.3 Å². The molecule has 1 aliphatic heterocycles. The number of barbiturate groups is 1. The van der Waals surface area contributed by atoms with Gasteiger partial charge in [0.2, 0.25) is 5.91 Å². The molecule has 0 atom stereocenters. The molecule has 0 radical (unpaired) electrons. The van der Waals surface area contributed by atoms with E-state index in [4.69, 9.17) is 0 Å². The summed E-state index contributed by atoms with van der Waals surface area (Å²) in [6.45, 7) is 3.52. The molecule has 102 valence electrons. The van der Waals surface area contributed by atoms with E-state index in [1.165, 1.54) is 10.9 Å². The van der Waals surface area contributed by atoms with E-state index in [9.17, 15) is 14.4 Å². The second-order valence-corrected chi connectivity index (χ2v) is 4.56. The number of aryl methyl sites for hydroxylation is 1. The molecule has 1 aromatic heterocycles. The summed E-state index contributed by atoms with van der Waals surface area (Å²) in [7, 11) is 1.69. The zero-order valence-corrected chi connectivity index (χ0v) is 11.1. The van der Waals surface area contributed by atoms with Gasteiger partial charge in [-0.3, -0.25) is 19.6 Å². The number of nitrogens with one attached hydrogen (secondary N) is 1. The molecular weight excluding hydrogens is 248 g/mol. The highest BCUT2D eigenvalue weighted by atomic mass is 16.2. The SMILES string of the molecule is CCC1(CC)C(=O)NC(=O)N(c2cnn(C)c2)C1=O. The first-order valence-corrected chi connectivity index (χ1v) is 6.15. The number of aromatic nitrogens is 2. The number of carbonyl (C=O) groups is 3. The number of hydrogen-bond acceptors (Lipinski definition) is 4. The quantitative estimate of drug-likeness (QED) is 0.819. The summed E-state index contributed by atoms with van der Waals surface area (Å²) >= 11 is 0. The lowest BCUT2D eigenvalue weighted by atomic mass is 9.78. The number of imide groups is 2. The molecule has 19 heavy (non-hydrogen) atoms. The smallest absolute Gasteiger partial charge is 0.276 e. The van der Waals surface area contributed by atoms with Crippen LogP contribution < -0.4 is 10.2 Å². The van der Waals surface area contributed by atoms with Crippen LogP contribution in [-0.2, 0) is 16.6 Å². The number of rotatable bonds is 3. The number of urea groups is 1. The fourth-order valence-corrected chi connectivity index (χ4v) is 2.31. The largest absolute Gasteiger partial charge is 0.335 e. The molecule has 2 rings (SSSR count). The van der Waals surface area contributed by atoms with Gasteiger partial charge >= 0.3 is 6.03 Å². The van der Waals surface area contributed by atoms with Crippen LogP contribution in [0.15, 0.2) is 12.4 Å². The van der Waals surface area contributed by atoms with Gasteiger partial charge in [0.25, 0.3) is 5.91 Å². The Morgan fingerprint density at radius 2 is 1.89 bits per heavy atom. The monoisotopic (exact) mass is 264 g/mol. The summed E-state index contributed by atoms with van der Waals surface area (Å²) in [6, 6.07) is -0.722. The zero-order chi connectivity index (χ0) is 14.2. The molecule has 1 N–H and O–H groups in total. The molecule has 0 unspecified atom stereocenters. The van der Waals surface area contributed by atoms with Gasteiger partial charge < -0.3 is 0 Å². The minimum absolute atomic E-state index is 0.345. The van der Waals surface area contributed by atoms with E-state index >= 15 is 0 Å². The normalized spacial score (nSPS) is 18.7. The topological polar surface area (TPSA) is 84.3 Å². The van der Waals surface area contributed by atoms with Gasteiger partial charge in [-0.25, -0.2) is 9.69 Å². The summed E-state index contributed by atoms with van der Waals surface area (Å²) in [5.41, 5.74) is -0.812. The molecule has 1 aromatic rings. The van der Waals surface area contributed by atoms with Gasteiger partial charge in [0.05, 0.1) is 11.9 Å². The Balaban J connectivity index is 2.47. The number of hydrogen-bond donors (Lipinski definition) is 1. The fourth-order valence-electron chi connectivity index (χ4n) is 2.31. The number of anilines is 1. The van der Waals surface area contributed by atoms with Crippen molar-refractivity contribution in [2.45, 2.75) is 26.7 Å². The summed E-state index contributed by atoms with van der Waals surface area (Å²) < 4.78 is 1.49. The molecule has 1 fully saturated rings. The molecule has 0 saturated carbocycles. The third-order valence-electron chi connectivity index (χ3n) is 3.63. The van der Waals surface area contributed by atoms with E-state index in [0.717, 1.165) is 4.90 Å². The van der Waals surface area contributed by atoms with Crippen molar-refractivity contribution in [3.05, 3.63) is 12.4 Å². The molecule has 0 bridgehead atoms. The first kappa shape index (κ1) is 13.3. The minimum Gasteiger partial charge on any atom is -0.276 e. The van der Waals surface area contributed by atoms with E-state index in [1.807, 2.05) is 0 Å². The molecule has 1 saturated heterocycles. The van der Waals surface area contributed by atoms with Crippen molar-refractivity contribution >= 4 is 23.5 Å². The van der Waals surface area contributed by atoms with Gasteiger partial charge in [0.1, 0.15) is 5.41 Å². The van der Waals surface area contributed by atoms with Crippen LogP contribution in [0.2, 0.25) is 0 Å². The lowest BCUT2D eigenvalue weighted by Gasteiger charge is -2.37. The minimum atomic E-state index is -1.18. The van der Waals surface area contributed by atoms with E-state index in [1.54, 1.807) is 27.1 Å². The van der Waals surface area contributed by atoms with Crippen molar-refractivity contribution in [3.63, 3.8) is 0 Å². The van der Waals surface area contributed by atoms with Gasteiger partial charge in [-0.05, 0) is 12.8 Å². The highest BCUT2D eigenvalue weighted by Gasteiger charge is 2.52. The summed E-state index contributed by atoms with van der Waals surface area (Å²) in [4.78, 5) is 37.4. The summed E-state index contributed by atoms with van der Waals surface area (Å²) in [5, 5.41) is 6.19. The van der Waals surface area contributed by atoms with Crippen molar-refractivity contribution in [1.82, 2.24) is 15.1 Å². The van der Waals surface area contributed by atoms with Gasteiger partial charge in [-0.1, -0.05) is 13.8 Å². The van der Waals surface area contributed by atoms with Crippen molar-refractivity contribution in [3.8, 4) is 0 Å². The van der Waals surface area contributed by atoms with Gasteiger partial charge in [0, 0.05) is 13.2 Å². The van der Waals surface area contributed by atoms with Gasteiger partial charge in [-0.15, -0.1) is 0 Å². The second kappa shape index (κ2) is 4.49. The maximum Gasteiger partial charge on any atom is 0.335 e. The Labute approximate surface area is 110 Å². The zero-order valence-electron chi connectivity index (χ0n) is 11.1. The lowest BCUT2D eigenvalue weighted by molar-refractivity contribution is -0.143. The van der Waals surface area contributed by atoms with Gasteiger partial charge in [-0.2, -0.15) is 5.10 Å². The molecule has 0 aliphatic carbocycles. The van der Waals surface area contributed by atoms with Crippen LogP contribution in [0.4, 0.5) is 10.5 Å². The van der Waals surface area contributed by atoms with Crippen molar-refractivity contribution in [1.29, 1.82) is 0 Å². The third-order valence-corrected chi connectivity index (χ3v) is 3.63. The van der Waals surface area contributed by atoms with Crippen LogP contribution in [0.3, 0.4) is 0 Å². The average molecular weight is 264 g/mol. The molecule has 4 amide bonds. The molecule has 1 aliphatic rings. The standard InChI is InChI=1S/C12H16N4O3/c1-4-12(5-2)9(17)14-11(19)16(10(12)18)8-6-13-15(3)7-8/h6-7H,4-5H2,1-3H3,(H,14,17,19). The summed E-state index contributed by atoms with van der Waals surface area (Å²) in [5.74, 6) is -1.01. The Bertz CT molecular complexity index is 545. The summed E-state index contributed by atoms with van der Waals surface area (Å²) in [6.07, 6.45) is 3.67. The van der Waals surface area contributed by atoms with Crippen molar-refractivity contribution in [2.24, 2.45) is 12.5 Å². The number of nitrogens with zero attached hydrogens (tertiary/aromatic N) is 3. The molecular formula is C12H16N4O3. The molecule has 0 aromatic carbocycles. The van der Waals surface area contributed by atoms with Crippen LogP contribution in [-0.4, -0.2) is 27.6 Å². The highest BCUT2D eigenvalue weighted by molar-refractivity contribution is 6.29. The van der Waals surface area contributed by atoms with Crippen LogP contribution in [0.25, 0.3) is 0 Å². The number of carbonyl (C=O) groups excluding carboxylic acids is 3.